The van der Waals surface area contributed by atoms with Crippen LogP contribution in [0.25, 0.3) is 0 Å². The third-order valence-corrected chi connectivity index (χ3v) is 14.4. The Hall–Kier alpha value is -4.45. The zero-order chi connectivity index (χ0) is 59.2. The standard InChI is InChI=1S/C76H126O6/c1-4-7-10-13-16-19-22-25-28-31-34-36-38-40-42-45-48-51-54-57-60-63-66-69-75(78)81-72-73(71-80-74(77)68-65-62-59-56-53-50-47-44-33-30-27-24-21-18-15-12-9-6-3)82-76(79)70-67-64-61-58-55-52-49-46-43-41-39-37-35-32-29-26-23-20-17-14-11-8-5-2/h7-8,10-11,16-17,19-20,25-26,28-30,33-37,40,42,48,51,73H,4-6,9,12-15,18,21-24,27,31-32,38-39,41,43-47,49-50,52-72H2,1-3H3/b10-7-,11-8-,19-16-,20-17-,28-25-,29-26-,33-30-,36-34-,37-35-,42-40-,51-48-. The first-order valence-electron chi connectivity index (χ1n) is 34.2. The summed E-state index contributed by atoms with van der Waals surface area (Å²) in [6.07, 6.45) is 97.4. The molecule has 0 radical (unpaired) electrons. The molecular weight excluding hydrogens is 1010 g/mol. The van der Waals surface area contributed by atoms with Gasteiger partial charge in [-0.05, 0) is 135 Å². The average molecular weight is 1140 g/mol. The third kappa shape index (κ3) is 66.4. The zero-order valence-electron chi connectivity index (χ0n) is 53.5. The molecule has 0 fully saturated rings. The minimum absolute atomic E-state index is 0.0929. The van der Waals surface area contributed by atoms with Gasteiger partial charge in [0.25, 0.3) is 0 Å². The lowest BCUT2D eigenvalue weighted by Gasteiger charge is -2.18. The second kappa shape index (κ2) is 69.0. The summed E-state index contributed by atoms with van der Waals surface area (Å²) in [6, 6.07) is 0. The summed E-state index contributed by atoms with van der Waals surface area (Å²) >= 11 is 0. The largest absolute Gasteiger partial charge is 0.462 e. The van der Waals surface area contributed by atoms with E-state index in [-0.39, 0.29) is 31.1 Å². The molecule has 82 heavy (non-hydrogen) atoms. The predicted octanol–water partition coefficient (Wildman–Crippen LogP) is 23.7. The van der Waals surface area contributed by atoms with Gasteiger partial charge in [0, 0.05) is 19.3 Å². The highest BCUT2D eigenvalue weighted by Gasteiger charge is 2.19. The van der Waals surface area contributed by atoms with Crippen LogP contribution >= 0.6 is 0 Å². The molecule has 0 aliphatic heterocycles. The molecule has 0 spiro atoms. The lowest BCUT2D eigenvalue weighted by atomic mass is 10.0. The average Bonchev–Trinajstić information content (AvgIpc) is 3.47. The van der Waals surface area contributed by atoms with Crippen molar-refractivity contribution in [1.29, 1.82) is 0 Å². The number of hydrogen-bond donors (Lipinski definition) is 0. The molecule has 0 heterocycles. The second-order valence-electron chi connectivity index (χ2n) is 22.3. The van der Waals surface area contributed by atoms with Crippen molar-refractivity contribution >= 4 is 17.9 Å². The maximum atomic E-state index is 13.0. The van der Waals surface area contributed by atoms with Gasteiger partial charge < -0.3 is 14.2 Å². The minimum atomic E-state index is -0.800. The molecule has 0 aliphatic rings. The fourth-order valence-corrected chi connectivity index (χ4v) is 9.32. The molecular formula is C76H126O6. The van der Waals surface area contributed by atoms with E-state index in [1.165, 1.54) is 135 Å². The van der Waals surface area contributed by atoms with Gasteiger partial charge in [-0.15, -0.1) is 0 Å². The van der Waals surface area contributed by atoms with Crippen molar-refractivity contribution in [3.05, 3.63) is 134 Å². The van der Waals surface area contributed by atoms with Crippen molar-refractivity contribution in [3.8, 4) is 0 Å². The summed E-state index contributed by atoms with van der Waals surface area (Å²) in [7, 11) is 0. The second-order valence-corrected chi connectivity index (χ2v) is 22.3. The fourth-order valence-electron chi connectivity index (χ4n) is 9.32. The van der Waals surface area contributed by atoms with E-state index in [1.807, 2.05) is 0 Å². The van der Waals surface area contributed by atoms with Crippen LogP contribution in [0.4, 0.5) is 0 Å². The van der Waals surface area contributed by atoms with Gasteiger partial charge in [0.05, 0.1) is 0 Å². The number of hydrogen-bond acceptors (Lipinski definition) is 6. The van der Waals surface area contributed by atoms with Crippen LogP contribution in [0, 0.1) is 0 Å². The van der Waals surface area contributed by atoms with E-state index in [4.69, 9.17) is 14.2 Å². The van der Waals surface area contributed by atoms with Gasteiger partial charge in [-0.25, -0.2) is 0 Å². The summed E-state index contributed by atoms with van der Waals surface area (Å²) < 4.78 is 17.0. The first-order valence-corrected chi connectivity index (χ1v) is 34.2. The number of rotatable bonds is 61. The summed E-state index contributed by atoms with van der Waals surface area (Å²) in [5.41, 5.74) is 0. The van der Waals surface area contributed by atoms with Crippen LogP contribution in [0.3, 0.4) is 0 Å². The summed E-state index contributed by atoms with van der Waals surface area (Å²) in [6.45, 7) is 6.41. The minimum Gasteiger partial charge on any atom is -0.462 e. The molecule has 0 aliphatic carbocycles. The molecule has 6 nitrogen and oxygen atoms in total. The van der Waals surface area contributed by atoms with Crippen LogP contribution < -0.4 is 0 Å². The van der Waals surface area contributed by atoms with E-state index in [9.17, 15) is 14.4 Å². The number of esters is 3. The Morgan fingerprint density at radius 1 is 0.256 bits per heavy atom. The van der Waals surface area contributed by atoms with Crippen LogP contribution in [0.2, 0.25) is 0 Å². The molecule has 0 aromatic heterocycles. The maximum Gasteiger partial charge on any atom is 0.306 e. The fraction of sp³-hybridized carbons (Fsp3) is 0.671. The highest BCUT2D eigenvalue weighted by atomic mass is 16.6. The van der Waals surface area contributed by atoms with Gasteiger partial charge in [-0.3, -0.25) is 14.4 Å². The molecule has 0 bridgehead atoms. The highest BCUT2D eigenvalue weighted by molar-refractivity contribution is 5.71. The van der Waals surface area contributed by atoms with Crippen LogP contribution in [0.15, 0.2) is 134 Å². The van der Waals surface area contributed by atoms with Gasteiger partial charge >= 0.3 is 17.9 Å². The zero-order valence-corrected chi connectivity index (χ0v) is 53.5. The van der Waals surface area contributed by atoms with Gasteiger partial charge in [-0.1, -0.05) is 289 Å². The van der Waals surface area contributed by atoms with E-state index < -0.39 is 6.10 Å². The molecule has 1 unspecified atom stereocenters. The van der Waals surface area contributed by atoms with Crippen molar-refractivity contribution < 1.29 is 28.6 Å². The quantitative estimate of drug-likeness (QED) is 0.0261. The van der Waals surface area contributed by atoms with E-state index >= 15 is 0 Å². The molecule has 0 saturated carbocycles. The van der Waals surface area contributed by atoms with E-state index in [2.05, 4.69) is 154 Å². The molecule has 0 N–H and O–H groups in total. The Morgan fingerprint density at radius 2 is 0.476 bits per heavy atom. The lowest BCUT2D eigenvalue weighted by molar-refractivity contribution is -0.167. The van der Waals surface area contributed by atoms with Crippen molar-refractivity contribution in [2.45, 2.75) is 316 Å². The Morgan fingerprint density at radius 3 is 0.756 bits per heavy atom. The Labute approximate surface area is 506 Å². The molecule has 0 aromatic rings. The first-order chi connectivity index (χ1) is 40.5. The summed E-state index contributed by atoms with van der Waals surface area (Å²) in [4.78, 5) is 38.5. The van der Waals surface area contributed by atoms with Crippen molar-refractivity contribution in [2.24, 2.45) is 0 Å². The number of allylic oxidation sites excluding steroid dienone is 22. The predicted molar refractivity (Wildman–Crippen MR) is 357 cm³/mol. The Bertz CT molecular complexity index is 1730. The molecule has 6 heteroatoms. The monoisotopic (exact) mass is 1130 g/mol. The number of carbonyl (C=O) groups is 3. The number of unbranched alkanes of at least 4 members (excludes halogenated alkanes) is 28. The van der Waals surface area contributed by atoms with E-state index in [0.717, 1.165) is 135 Å². The lowest BCUT2D eigenvalue weighted by Crippen LogP contribution is -2.30. The smallest absolute Gasteiger partial charge is 0.306 e. The number of carbonyl (C=O) groups excluding carboxylic acids is 3. The molecule has 466 valence electrons. The highest BCUT2D eigenvalue weighted by Crippen LogP contribution is 2.16. The maximum absolute atomic E-state index is 13.0. The third-order valence-electron chi connectivity index (χ3n) is 14.4. The molecule has 1 atom stereocenters. The van der Waals surface area contributed by atoms with Crippen molar-refractivity contribution in [1.82, 2.24) is 0 Å². The van der Waals surface area contributed by atoms with Crippen LogP contribution in [-0.4, -0.2) is 37.2 Å². The van der Waals surface area contributed by atoms with Crippen molar-refractivity contribution in [3.63, 3.8) is 0 Å². The summed E-state index contributed by atoms with van der Waals surface area (Å²) in [5.74, 6) is -0.920. The topological polar surface area (TPSA) is 78.9 Å². The van der Waals surface area contributed by atoms with Gasteiger partial charge in [0.1, 0.15) is 13.2 Å². The Kier molecular flexibility index (Phi) is 65.3. The van der Waals surface area contributed by atoms with Gasteiger partial charge in [0.2, 0.25) is 0 Å². The molecule has 0 rings (SSSR count). The first kappa shape index (κ1) is 77.5. The van der Waals surface area contributed by atoms with Crippen LogP contribution in [0.5, 0.6) is 0 Å². The molecule has 0 saturated heterocycles. The van der Waals surface area contributed by atoms with Gasteiger partial charge in [-0.2, -0.15) is 0 Å². The van der Waals surface area contributed by atoms with Gasteiger partial charge in [0.15, 0.2) is 6.10 Å². The van der Waals surface area contributed by atoms with E-state index in [0.29, 0.717) is 19.3 Å². The molecule has 0 aromatic carbocycles. The normalized spacial score (nSPS) is 13.0. The van der Waals surface area contributed by atoms with Crippen LogP contribution in [-0.2, 0) is 28.6 Å². The number of ether oxygens (including phenoxy) is 3. The molecule has 0 amide bonds. The Balaban J connectivity index is 4.46. The van der Waals surface area contributed by atoms with E-state index in [1.54, 1.807) is 0 Å². The van der Waals surface area contributed by atoms with Crippen LogP contribution in [0.1, 0.15) is 310 Å². The SMILES string of the molecule is CC/C=C\C/C=C\C/C=C\C/C=C\C/C=C\C/C=C\CCCCCCC(=O)OCC(COC(=O)CCCCCCCCC/C=C\CCCCCCCCC)OC(=O)CCCCCCCCCCCC/C=C\C/C=C\C/C=C\C/C=C\CC. The van der Waals surface area contributed by atoms with Crippen molar-refractivity contribution in [2.75, 3.05) is 13.2 Å². The summed E-state index contributed by atoms with van der Waals surface area (Å²) in [5, 5.41) is 0.